The van der Waals surface area contributed by atoms with E-state index in [4.69, 9.17) is 0 Å². The predicted molar refractivity (Wildman–Crippen MR) is 117 cm³/mol. The Bertz CT molecular complexity index is 1020. The first-order chi connectivity index (χ1) is 13.7. The lowest BCUT2D eigenvalue weighted by atomic mass is 10.1. The Labute approximate surface area is 166 Å². The van der Waals surface area contributed by atoms with Crippen LogP contribution in [0.1, 0.15) is 12.5 Å². The number of nitrogens with zero attached hydrogens (tertiary/aromatic N) is 3. The molecule has 5 heteroatoms. The van der Waals surface area contributed by atoms with E-state index < -0.39 is 0 Å². The average molecular weight is 377 g/mol. The van der Waals surface area contributed by atoms with Crippen molar-refractivity contribution >= 4 is 22.3 Å². The van der Waals surface area contributed by atoms with Gasteiger partial charge in [0.15, 0.2) is 0 Å². The molecule has 2 aromatic carbocycles. The van der Waals surface area contributed by atoms with Crippen molar-refractivity contribution in [2.24, 2.45) is 7.05 Å². The van der Waals surface area contributed by atoms with E-state index in [0.717, 1.165) is 54.9 Å². The molecule has 4 rings (SSSR count). The number of para-hydroxylation sites is 1. The minimum Gasteiger partial charge on any atom is -0.381 e. The van der Waals surface area contributed by atoms with Crippen LogP contribution in [0.5, 0.6) is 0 Å². The lowest BCUT2D eigenvalue weighted by Gasteiger charge is -2.35. The first kappa shape index (κ1) is 18.6. The number of anilines is 2. The fourth-order valence-electron chi connectivity index (χ4n) is 3.95. The molecule has 146 valence electrons. The molecule has 0 saturated carbocycles. The lowest BCUT2D eigenvalue weighted by molar-refractivity contribution is 0.271. The maximum absolute atomic E-state index is 12.7. The highest BCUT2D eigenvalue weighted by Gasteiger charge is 2.16. The summed E-state index contributed by atoms with van der Waals surface area (Å²) in [6.45, 7) is 8.20. The summed E-state index contributed by atoms with van der Waals surface area (Å²) < 4.78 is 1.73. The number of hydrogen-bond donors (Lipinski definition) is 1. The molecule has 0 unspecified atom stereocenters. The number of hydrogen-bond acceptors (Lipinski definition) is 4. The number of piperazine rings is 1. The average Bonchev–Trinajstić information content (AvgIpc) is 2.75. The van der Waals surface area contributed by atoms with Crippen LogP contribution in [0.4, 0.5) is 11.4 Å². The largest absolute Gasteiger partial charge is 0.381 e. The van der Waals surface area contributed by atoms with Crippen molar-refractivity contribution in [3.8, 4) is 0 Å². The van der Waals surface area contributed by atoms with E-state index in [2.05, 4.69) is 52.4 Å². The fourth-order valence-corrected chi connectivity index (χ4v) is 3.95. The van der Waals surface area contributed by atoms with Crippen molar-refractivity contribution in [2.45, 2.75) is 13.5 Å². The molecule has 0 atom stereocenters. The normalized spacial score (nSPS) is 15.1. The van der Waals surface area contributed by atoms with Crippen molar-refractivity contribution in [1.29, 1.82) is 0 Å². The minimum absolute atomic E-state index is 0.0537. The molecule has 1 saturated heterocycles. The molecular weight excluding hydrogens is 348 g/mol. The Morgan fingerprint density at radius 1 is 0.964 bits per heavy atom. The van der Waals surface area contributed by atoms with Gasteiger partial charge >= 0.3 is 0 Å². The molecule has 0 amide bonds. The van der Waals surface area contributed by atoms with Crippen molar-refractivity contribution in [3.05, 3.63) is 70.5 Å². The number of aromatic nitrogens is 1. The third-order valence-corrected chi connectivity index (χ3v) is 5.72. The van der Waals surface area contributed by atoms with E-state index in [9.17, 15) is 4.79 Å². The Kier molecular flexibility index (Phi) is 5.35. The highest BCUT2D eigenvalue weighted by molar-refractivity contribution is 5.79. The first-order valence-corrected chi connectivity index (χ1v) is 10.0. The number of aryl methyl sites for hydroxylation is 1. The molecule has 1 N–H and O–H groups in total. The number of fused-ring (bicyclic) bond motifs is 1. The van der Waals surface area contributed by atoms with Gasteiger partial charge in [-0.2, -0.15) is 0 Å². The number of pyridine rings is 1. The smallest absolute Gasteiger partial charge is 0.255 e. The summed E-state index contributed by atoms with van der Waals surface area (Å²) in [6, 6.07) is 18.5. The molecule has 0 radical (unpaired) electrons. The highest BCUT2D eigenvalue weighted by Crippen LogP contribution is 2.21. The number of nitrogens with one attached hydrogen (secondary N) is 1. The number of benzene rings is 2. The van der Waals surface area contributed by atoms with Gasteiger partial charge in [-0.25, -0.2) is 0 Å². The number of likely N-dealkylation sites (N-methyl/N-ethyl adjacent to an activating group) is 1. The van der Waals surface area contributed by atoms with Crippen LogP contribution in [0, 0.1) is 0 Å². The predicted octanol–water partition coefficient (Wildman–Crippen LogP) is 3.29. The Hall–Kier alpha value is -2.79. The van der Waals surface area contributed by atoms with Gasteiger partial charge in [-0.15, -0.1) is 0 Å². The molecule has 1 aliphatic rings. The van der Waals surface area contributed by atoms with E-state index in [1.807, 2.05) is 31.3 Å². The molecule has 2 heterocycles. The van der Waals surface area contributed by atoms with E-state index in [1.165, 1.54) is 5.69 Å². The van der Waals surface area contributed by atoms with Crippen LogP contribution in [0.3, 0.4) is 0 Å². The zero-order chi connectivity index (χ0) is 19.5. The van der Waals surface area contributed by atoms with Gasteiger partial charge in [0.2, 0.25) is 0 Å². The van der Waals surface area contributed by atoms with Gasteiger partial charge in [-0.1, -0.05) is 31.2 Å². The van der Waals surface area contributed by atoms with Crippen LogP contribution in [0.15, 0.2) is 59.4 Å². The summed E-state index contributed by atoms with van der Waals surface area (Å²) in [6.07, 6.45) is 0. The zero-order valence-electron chi connectivity index (χ0n) is 16.7. The monoisotopic (exact) mass is 376 g/mol. The lowest BCUT2D eigenvalue weighted by Crippen LogP contribution is -2.46. The minimum atomic E-state index is 0.0537. The second-order valence-corrected chi connectivity index (χ2v) is 7.42. The van der Waals surface area contributed by atoms with Crippen LogP contribution in [0.25, 0.3) is 10.9 Å². The van der Waals surface area contributed by atoms with Gasteiger partial charge in [0.05, 0.1) is 5.52 Å². The quantitative estimate of drug-likeness (QED) is 0.742. The summed E-state index contributed by atoms with van der Waals surface area (Å²) in [7, 11) is 1.84. The Morgan fingerprint density at radius 2 is 1.75 bits per heavy atom. The second-order valence-electron chi connectivity index (χ2n) is 7.42. The second kappa shape index (κ2) is 8.07. The van der Waals surface area contributed by atoms with Gasteiger partial charge in [-0.3, -0.25) is 4.79 Å². The van der Waals surface area contributed by atoms with Gasteiger partial charge in [0, 0.05) is 56.7 Å². The molecule has 0 spiro atoms. The van der Waals surface area contributed by atoms with Crippen molar-refractivity contribution in [2.75, 3.05) is 42.9 Å². The molecular formula is C23H28N4O. The van der Waals surface area contributed by atoms with E-state index in [1.54, 1.807) is 4.57 Å². The molecule has 1 aromatic heterocycles. The van der Waals surface area contributed by atoms with E-state index >= 15 is 0 Å². The summed E-state index contributed by atoms with van der Waals surface area (Å²) in [5, 5.41) is 4.53. The van der Waals surface area contributed by atoms with Crippen molar-refractivity contribution < 1.29 is 0 Å². The van der Waals surface area contributed by atoms with Gasteiger partial charge in [0.25, 0.3) is 5.56 Å². The molecule has 28 heavy (non-hydrogen) atoms. The van der Waals surface area contributed by atoms with Gasteiger partial charge in [0.1, 0.15) is 0 Å². The fraction of sp³-hybridized carbons (Fsp3) is 0.348. The van der Waals surface area contributed by atoms with Crippen molar-refractivity contribution in [3.63, 3.8) is 0 Å². The summed E-state index contributed by atoms with van der Waals surface area (Å²) in [5.74, 6) is 0. The highest BCUT2D eigenvalue weighted by atomic mass is 16.1. The maximum Gasteiger partial charge on any atom is 0.255 e. The van der Waals surface area contributed by atoms with Gasteiger partial charge in [-0.05, 0) is 42.3 Å². The Balaban J connectivity index is 1.49. The molecule has 5 nitrogen and oxygen atoms in total. The van der Waals surface area contributed by atoms with Crippen LogP contribution < -0.4 is 15.8 Å². The standard InChI is InChI=1S/C23H28N4O/c1-3-26-11-13-27(14-12-26)21-9-6-8-20(16-21)24-17-19-15-18-7-4-5-10-22(18)25(2)23(19)28/h4-10,15-16,24H,3,11-14,17H2,1-2H3. The van der Waals surface area contributed by atoms with Crippen LogP contribution in [-0.2, 0) is 13.6 Å². The topological polar surface area (TPSA) is 40.5 Å². The zero-order valence-corrected chi connectivity index (χ0v) is 16.7. The molecule has 0 aliphatic carbocycles. The van der Waals surface area contributed by atoms with Crippen LogP contribution >= 0.6 is 0 Å². The van der Waals surface area contributed by atoms with Crippen LogP contribution in [-0.4, -0.2) is 42.2 Å². The third kappa shape index (κ3) is 3.76. The Morgan fingerprint density at radius 3 is 2.54 bits per heavy atom. The van der Waals surface area contributed by atoms with Crippen LogP contribution in [0.2, 0.25) is 0 Å². The summed E-state index contributed by atoms with van der Waals surface area (Å²) >= 11 is 0. The summed E-state index contributed by atoms with van der Waals surface area (Å²) in [5.41, 5.74) is 4.09. The van der Waals surface area contributed by atoms with E-state index in [0.29, 0.717) is 6.54 Å². The molecule has 3 aromatic rings. The van der Waals surface area contributed by atoms with Crippen molar-refractivity contribution in [1.82, 2.24) is 9.47 Å². The molecule has 1 fully saturated rings. The van der Waals surface area contributed by atoms with E-state index in [-0.39, 0.29) is 5.56 Å². The first-order valence-electron chi connectivity index (χ1n) is 10.0. The third-order valence-electron chi connectivity index (χ3n) is 5.72. The number of rotatable bonds is 5. The maximum atomic E-state index is 12.7. The van der Waals surface area contributed by atoms with Gasteiger partial charge < -0.3 is 19.7 Å². The SMILES string of the molecule is CCN1CCN(c2cccc(NCc3cc4ccccc4n(C)c3=O)c2)CC1. The summed E-state index contributed by atoms with van der Waals surface area (Å²) in [4.78, 5) is 17.6. The molecule has 1 aliphatic heterocycles. The molecule has 0 bridgehead atoms.